The summed E-state index contributed by atoms with van der Waals surface area (Å²) in [6.07, 6.45) is 1.94. The Kier molecular flexibility index (Phi) is 2.79. The fourth-order valence-electron chi connectivity index (χ4n) is 2.15. The van der Waals surface area contributed by atoms with Crippen molar-refractivity contribution in [2.24, 2.45) is 5.41 Å². The molecule has 0 N–H and O–H groups in total. The predicted octanol–water partition coefficient (Wildman–Crippen LogP) is 2.65. The van der Waals surface area contributed by atoms with Gasteiger partial charge in [0.15, 0.2) is 0 Å². The smallest absolute Gasteiger partial charge is 0.409 e. The molecule has 1 atom stereocenters. The molecular formula is C11H21NO2. The highest BCUT2D eigenvalue weighted by atomic mass is 16.5. The highest BCUT2D eigenvalue weighted by Gasteiger charge is 2.48. The van der Waals surface area contributed by atoms with E-state index >= 15 is 0 Å². The summed E-state index contributed by atoms with van der Waals surface area (Å²) in [5, 5.41) is 0. The van der Waals surface area contributed by atoms with Crippen LogP contribution in [0.2, 0.25) is 0 Å². The normalized spacial score (nSPS) is 27.9. The van der Waals surface area contributed by atoms with Crippen molar-refractivity contribution in [1.29, 1.82) is 0 Å². The van der Waals surface area contributed by atoms with Gasteiger partial charge in [-0.2, -0.15) is 0 Å². The van der Waals surface area contributed by atoms with Crippen LogP contribution in [-0.2, 0) is 4.74 Å². The van der Waals surface area contributed by atoms with Crippen LogP contribution in [0.25, 0.3) is 0 Å². The quantitative estimate of drug-likeness (QED) is 0.600. The molecule has 0 saturated carbocycles. The number of carbonyl (C=O) groups is 1. The van der Waals surface area contributed by atoms with Gasteiger partial charge in [0.05, 0.1) is 7.11 Å². The van der Waals surface area contributed by atoms with Crippen LogP contribution >= 0.6 is 0 Å². The maximum Gasteiger partial charge on any atom is 0.409 e. The first-order chi connectivity index (χ1) is 6.33. The van der Waals surface area contributed by atoms with Gasteiger partial charge in [0.2, 0.25) is 0 Å². The molecule has 1 rings (SSSR count). The lowest BCUT2D eigenvalue weighted by Crippen LogP contribution is -2.53. The lowest BCUT2D eigenvalue weighted by Gasteiger charge is -2.44. The summed E-state index contributed by atoms with van der Waals surface area (Å²) < 4.78 is 4.81. The average Bonchev–Trinajstić information content (AvgIpc) is 2.46. The van der Waals surface area contributed by atoms with E-state index in [1.807, 2.05) is 4.90 Å². The Morgan fingerprint density at radius 3 is 2.43 bits per heavy atom. The van der Waals surface area contributed by atoms with E-state index < -0.39 is 0 Å². The molecule has 1 amide bonds. The number of likely N-dealkylation sites (tertiary alicyclic amines) is 1. The van der Waals surface area contributed by atoms with Gasteiger partial charge in [-0.25, -0.2) is 4.79 Å². The molecule has 82 valence electrons. The highest BCUT2D eigenvalue weighted by Crippen LogP contribution is 2.43. The van der Waals surface area contributed by atoms with Gasteiger partial charge >= 0.3 is 6.09 Å². The molecule has 1 saturated heterocycles. The summed E-state index contributed by atoms with van der Waals surface area (Å²) in [4.78, 5) is 13.4. The number of amides is 1. The van der Waals surface area contributed by atoms with Gasteiger partial charge in [-0.15, -0.1) is 0 Å². The zero-order valence-corrected chi connectivity index (χ0v) is 9.89. The van der Waals surface area contributed by atoms with Crippen LogP contribution < -0.4 is 0 Å². The van der Waals surface area contributed by atoms with E-state index in [-0.39, 0.29) is 17.0 Å². The molecule has 3 heteroatoms. The Labute approximate surface area is 86.4 Å². The van der Waals surface area contributed by atoms with Crippen LogP contribution in [0.3, 0.4) is 0 Å². The highest BCUT2D eigenvalue weighted by molar-refractivity contribution is 5.69. The minimum absolute atomic E-state index is 0.0694. The Morgan fingerprint density at radius 2 is 2.00 bits per heavy atom. The molecule has 1 unspecified atom stereocenters. The number of nitrogens with zero attached hydrogens (tertiary/aromatic N) is 1. The first kappa shape index (κ1) is 11.3. The predicted molar refractivity (Wildman–Crippen MR) is 56.2 cm³/mol. The third-order valence-corrected chi connectivity index (χ3v) is 3.65. The molecule has 0 aromatic rings. The maximum atomic E-state index is 11.6. The van der Waals surface area contributed by atoms with Crippen molar-refractivity contribution in [2.75, 3.05) is 13.7 Å². The zero-order valence-electron chi connectivity index (χ0n) is 9.89. The molecule has 1 aliphatic heterocycles. The van der Waals surface area contributed by atoms with E-state index in [1.54, 1.807) is 0 Å². The van der Waals surface area contributed by atoms with Crippen molar-refractivity contribution >= 4 is 6.09 Å². The SMILES string of the molecule is COC(=O)N1CCCC1(C)C(C)(C)C. The summed E-state index contributed by atoms with van der Waals surface area (Å²) in [5.41, 5.74) is 0.0256. The van der Waals surface area contributed by atoms with Crippen LogP contribution in [-0.4, -0.2) is 30.2 Å². The maximum absolute atomic E-state index is 11.6. The Balaban J connectivity index is 2.92. The molecule has 3 nitrogen and oxygen atoms in total. The third kappa shape index (κ3) is 1.60. The Morgan fingerprint density at radius 1 is 1.43 bits per heavy atom. The molecule has 1 fully saturated rings. The molecule has 0 bridgehead atoms. The summed E-state index contributed by atoms with van der Waals surface area (Å²) in [7, 11) is 1.45. The Hall–Kier alpha value is -0.730. The number of methoxy groups -OCH3 is 1. The average molecular weight is 199 g/mol. The van der Waals surface area contributed by atoms with E-state index in [2.05, 4.69) is 27.7 Å². The van der Waals surface area contributed by atoms with E-state index in [0.717, 1.165) is 19.4 Å². The lowest BCUT2D eigenvalue weighted by atomic mass is 9.73. The van der Waals surface area contributed by atoms with Crippen LogP contribution in [0.5, 0.6) is 0 Å². The van der Waals surface area contributed by atoms with Crippen molar-refractivity contribution in [3.05, 3.63) is 0 Å². The topological polar surface area (TPSA) is 29.5 Å². The molecule has 0 aliphatic carbocycles. The standard InChI is InChI=1S/C11H21NO2/c1-10(2,3)11(4)7-6-8-12(11)9(13)14-5/h6-8H2,1-5H3. The van der Waals surface area contributed by atoms with Gasteiger partial charge in [0.1, 0.15) is 0 Å². The zero-order chi connectivity index (χ0) is 11.0. The second-order valence-corrected chi connectivity index (χ2v) is 5.25. The molecule has 0 radical (unpaired) electrons. The number of hydrogen-bond acceptors (Lipinski definition) is 2. The number of ether oxygens (including phenoxy) is 1. The molecule has 1 aliphatic rings. The van der Waals surface area contributed by atoms with Crippen molar-refractivity contribution in [1.82, 2.24) is 4.90 Å². The van der Waals surface area contributed by atoms with Gasteiger partial charge < -0.3 is 9.64 Å². The molecule has 0 aromatic carbocycles. The van der Waals surface area contributed by atoms with Crippen LogP contribution in [0, 0.1) is 5.41 Å². The van der Waals surface area contributed by atoms with E-state index in [4.69, 9.17) is 4.74 Å². The second kappa shape index (κ2) is 3.44. The van der Waals surface area contributed by atoms with Crippen molar-refractivity contribution in [3.63, 3.8) is 0 Å². The molecule has 14 heavy (non-hydrogen) atoms. The lowest BCUT2D eigenvalue weighted by molar-refractivity contribution is 0.0356. The van der Waals surface area contributed by atoms with Gasteiger partial charge in [-0.05, 0) is 25.2 Å². The third-order valence-electron chi connectivity index (χ3n) is 3.65. The van der Waals surface area contributed by atoms with Gasteiger partial charge in [0.25, 0.3) is 0 Å². The van der Waals surface area contributed by atoms with Gasteiger partial charge in [-0.1, -0.05) is 20.8 Å². The molecular weight excluding hydrogens is 178 g/mol. The first-order valence-electron chi connectivity index (χ1n) is 5.18. The molecule has 1 heterocycles. The fraction of sp³-hybridized carbons (Fsp3) is 0.909. The summed E-state index contributed by atoms with van der Waals surface area (Å²) >= 11 is 0. The van der Waals surface area contributed by atoms with Crippen molar-refractivity contribution < 1.29 is 9.53 Å². The van der Waals surface area contributed by atoms with E-state index in [0.29, 0.717) is 0 Å². The van der Waals surface area contributed by atoms with Gasteiger partial charge in [-0.3, -0.25) is 0 Å². The van der Waals surface area contributed by atoms with Crippen LogP contribution in [0.15, 0.2) is 0 Å². The number of hydrogen-bond donors (Lipinski definition) is 0. The summed E-state index contributed by atoms with van der Waals surface area (Å²) in [6.45, 7) is 9.49. The summed E-state index contributed by atoms with van der Waals surface area (Å²) in [6, 6.07) is 0. The number of rotatable bonds is 0. The van der Waals surface area contributed by atoms with Crippen LogP contribution in [0.4, 0.5) is 4.79 Å². The first-order valence-corrected chi connectivity index (χ1v) is 5.18. The van der Waals surface area contributed by atoms with E-state index in [9.17, 15) is 4.79 Å². The fourth-order valence-corrected chi connectivity index (χ4v) is 2.15. The summed E-state index contributed by atoms with van der Waals surface area (Å²) in [5.74, 6) is 0. The minimum atomic E-state index is -0.195. The molecule has 0 spiro atoms. The second-order valence-electron chi connectivity index (χ2n) is 5.25. The largest absolute Gasteiger partial charge is 0.453 e. The minimum Gasteiger partial charge on any atom is -0.453 e. The van der Waals surface area contributed by atoms with E-state index in [1.165, 1.54) is 7.11 Å². The van der Waals surface area contributed by atoms with Crippen molar-refractivity contribution in [2.45, 2.75) is 46.1 Å². The van der Waals surface area contributed by atoms with Gasteiger partial charge in [0, 0.05) is 12.1 Å². The van der Waals surface area contributed by atoms with Crippen molar-refractivity contribution in [3.8, 4) is 0 Å². The monoisotopic (exact) mass is 199 g/mol. The Bertz CT molecular complexity index is 232. The number of carbonyl (C=O) groups excluding carboxylic acids is 1. The molecule has 0 aromatic heterocycles. The van der Waals surface area contributed by atoms with Crippen LogP contribution in [0.1, 0.15) is 40.5 Å².